The van der Waals surface area contributed by atoms with Gasteiger partial charge in [-0.25, -0.2) is 4.98 Å². The molecule has 0 atom stereocenters. The molecular formula is C18H27Cl2N3O. The second kappa shape index (κ2) is 10.0. The van der Waals surface area contributed by atoms with Crippen molar-refractivity contribution in [3.8, 4) is 11.4 Å². The van der Waals surface area contributed by atoms with Crippen molar-refractivity contribution in [1.29, 1.82) is 0 Å². The summed E-state index contributed by atoms with van der Waals surface area (Å²) in [6.07, 6.45) is 9.96. The zero-order valence-electron chi connectivity index (χ0n) is 14.1. The summed E-state index contributed by atoms with van der Waals surface area (Å²) >= 11 is 0. The van der Waals surface area contributed by atoms with E-state index in [1.54, 1.807) is 0 Å². The molecule has 2 N–H and O–H groups in total. The van der Waals surface area contributed by atoms with Gasteiger partial charge in [-0.05, 0) is 44.2 Å². The van der Waals surface area contributed by atoms with Gasteiger partial charge in [-0.3, -0.25) is 0 Å². The summed E-state index contributed by atoms with van der Waals surface area (Å²) in [6, 6.07) is 9.16. The third kappa shape index (κ3) is 4.73. The van der Waals surface area contributed by atoms with E-state index >= 15 is 0 Å². The summed E-state index contributed by atoms with van der Waals surface area (Å²) in [7, 11) is 1.82. The van der Waals surface area contributed by atoms with Crippen LogP contribution in [0, 0.1) is 0 Å². The number of methoxy groups -OCH3 is 1. The summed E-state index contributed by atoms with van der Waals surface area (Å²) < 4.78 is 7.81. The number of benzene rings is 1. The highest BCUT2D eigenvalue weighted by Crippen LogP contribution is 2.33. The number of hydrogen-bond acceptors (Lipinski definition) is 3. The summed E-state index contributed by atoms with van der Waals surface area (Å²) in [4.78, 5) is 4.58. The van der Waals surface area contributed by atoms with Crippen LogP contribution in [0.2, 0.25) is 0 Å². The van der Waals surface area contributed by atoms with E-state index in [0.29, 0.717) is 18.7 Å². The van der Waals surface area contributed by atoms with Gasteiger partial charge in [0.05, 0.1) is 6.10 Å². The molecule has 0 unspecified atom stereocenters. The highest BCUT2D eigenvalue weighted by molar-refractivity contribution is 5.85. The van der Waals surface area contributed by atoms with Crippen LogP contribution < -0.4 is 5.73 Å². The molecule has 134 valence electrons. The standard InChI is InChI=1S/C18H25N3O.2ClH/c1-22-17-8-6-16(7-9-17)21-13-12-20-18(21)15-4-2-14(3-5-15)10-11-19;;/h2-5,12-13,16-17H,6-11,19H2,1H3;2*1H. The van der Waals surface area contributed by atoms with Crippen LogP contribution in [0.4, 0.5) is 0 Å². The third-order valence-electron chi connectivity index (χ3n) is 4.68. The average molecular weight is 372 g/mol. The van der Waals surface area contributed by atoms with Gasteiger partial charge in [0.2, 0.25) is 0 Å². The molecule has 0 spiro atoms. The maximum Gasteiger partial charge on any atom is 0.140 e. The molecule has 1 aliphatic carbocycles. The molecule has 0 bridgehead atoms. The Labute approximate surface area is 156 Å². The summed E-state index contributed by atoms with van der Waals surface area (Å²) in [5.41, 5.74) is 8.07. The minimum atomic E-state index is 0. The van der Waals surface area contributed by atoms with Crippen LogP contribution >= 0.6 is 24.8 Å². The van der Waals surface area contributed by atoms with E-state index in [4.69, 9.17) is 10.5 Å². The molecule has 1 aromatic heterocycles. The molecule has 3 rings (SSSR count). The normalized spacial score (nSPS) is 20.1. The van der Waals surface area contributed by atoms with Crippen molar-refractivity contribution in [3.05, 3.63) is 42.2 Å². The Bertz CT molecular complexity index is 593. The van der Waals surface area contributed by atoms with E-state index < -0.39 is 0 Å². The summed E-state index contributed by atoms with van der Waals surface area (Å²) in [5.74, 6) is 1.07. The van der Waals surface area contributed by atoms with Gasteiger partial charge in [0.15, 0.2) is 0 Å². The van der Waals surface area contributed by atoms with Gasteiger partial charge in [-0.2, -0.15) is 0 Å². The van der Waals surface area contributed by atoms with E-state index in [1.165, 1.54) is 11.1 Å². The molecule has 0 saturated heterocycles. The molecule has 6 heteroatoms. The predicted molar refractivity (Wildman–Crippen MR) is 103 cm³/mol. The quantitative estimate of drug-likeness (QED) is 0.862. The molecule has 0 aliphatic heterocycles. The lowest BCUT2D eigenvalue weighted by molar-refractivity contribution is 0.0586. The topological polar surface area (TPSA) is 53.1 Å². The largest absolute Gasteiger partial charge is 0.381 e. The highest BCUT2D eigenvalue weighted by atomic mass is 35.5. The average Bonchev–Trinajstić information content (AvgIpc) is 3.05. The fourth-order valence-electron chi connectivity index (χ4n) is 3.38. The lowest BCUT2D eigenvalue weighted by Crippen LogP contribution is -2.22. The summed E-state index contributed by atoms with van der Waals surface area (Å²) in [6.45, 7) is 0.691. The number of hydrogen-bond donors (Lipinski definition) is 1. The first kappa shape index (κ1) is 21.0. The van der Waals surface area contributed by atoms with Gasteiger partial charge in [0, 0.05) is 31.1 Å². The first-order valence-corrected chi connectivity index (χ1v) is 8.17. The zero-order chi connectivity index (χ0) is 15.4. The van der Waals surface area contributed by atoms with Crippen LogP contribution in [0.5, 0.6) is 0 Å². The van der Waals surface area contributed by atoms with Crippen molar-refractivity contribution in [1.82, 2.24) is 9.55 Å². The number of imidazole rings is 1. The van der Waals surface area contributed by atoms with Crippen LogP contribution in [-0.4, -0.2) is 29.3 Å². The Hall–Kier alpha value is -1.07. The maximum absolute atomic E-state index is 5.61. The Morgan fingerprint density at radius 2 is 1.79 bits per heavy atom. The van der Waals surface area contributed by atoms with Crippen LogP contribution in [-0.2, 0) is 11.2 Å². The molecule has 1 aliphatic rings. The van der Waals surface area contributed by atoms with Crippen LogP contribution in [0.15, 0.2) is 36.7 Å². The lowest BCUT2D eigenvalue weighted by atomic mass is 9.92. The maximum atomic E-state index is 5.61. The van der Waals surface area contributed by atoms with E-state index in [1.807, 2.05) is 13.3 Å². The third-order valence-corrected chi connectivity index (χ3v) is 4.68. The van der Waals surface area contributed by atoms with Crippen molar-refractivity contribution in [2.75, 3.05) is 13.7 Å². The van der Waals surface area contributed by atoms with Crippen LogP contribution in [0.3, 0.4) is 0 Å². The van der Waals surface area contributed by atoms with Crippen molar-refractivity contribution in [2.45, 2.75) is 44.2 Å². The number of rotatable bonds is 5. The van der Waals surface area contributed by atoms with Gasteiger partial charge >= 0.3 is 0 Å². The molecule has 1 fully saturated rings. The smallest absolute Gasteiger partial charge is 0.140 e. The monoisotopic (exact) mass is 371 g/mol. The van der Waals surface area contributed by atoms with Gasteiger partial charge in [-0.15, -0.1) is 24.8 Å². The minimum Gasteiger partial charge on any atom is -0.381 e. The minimum absolute atomic E-state index is 0. The molecule has 1 saturated carbocycles. The van der Waals surface area contributed by atoms with Gasteiger partial charge in [-0.1, -0.05) is 24.3 Å². The van der Waals surface area contributed by atoms with E-state index in [0.717, 1.165) is 37.9 Å². The van der Waals surface area contributed by atoms with E-state index in [-0.39, 0.29) is 24.8 Å². The number of nitrogens with zero attached hydrogens (tertiary/aromatic N) is 2. The zero-order valence-corrected chi connectivity index (χ0v) is 15.7. The van der Waals surface area contributed by atoms with Crippen molar-refractivity contribution < 1.29 is 4.74 Å². The number of aromatic nitrogens is 2. The SMILES string of the molecule is COC1CCC(n2ccnc2-c2ccc(CCN)cc2)CC1.Cl.Cl. The fourth-order valence-corrected chi connectivity index (χ4v) is 3.38. The number of halogens is 2. The molecule has 2 aromatic rings. The van der Waals surface area contributed by atoms with E-state index in [9.17, 15) is 0 Å². The Morgan fingerprint density at radius 1 is 1.12 bits per heavy atom. The Balaban J connectivity index is 0.00000144. The van der Waals surface area contributed by atoms with E-state index in [2.05, 4.69) is 40.0 Å². The molecule has 1 heterocycles. The van der Waals surface area contributed by atoms with Crippen molar-refractivity contribution in [2.24, 2.45) is 5.73 Å². The Kier molecular flexibility index (Phi) is 8.78. The first-order valence-electron chi connectivity index (χ1n) is 8.17. The van der Waals surface area contributed by atoms with Crippen LogP contribution in [0.25, 0.3) is 11.4 Å². The summed E-state index contributed by atoms with van der Waals surface area (Å²) in [5, 5.41) is 0. The van der Waals surface area contributed by atoms with Gasteiger partial charge in [0.1, 0.15) is 5.82 Å². The predicted octanol–water partition coefficient (Wildman–Crippen LogP) is 4.03. The first-order chi connectivity index (χ1) is 10.8. The molecule has 1 aromatic carbocycles. The molecule has 0 radical (unpaired) electrons. The fraction of sp³-hybridized carbons (Fsp3) is 0.500. The van der Waals surface area contributed by atoms with Crippen LogP contribution in [0.1, 0.15) is 37.3 Å². The lowest BCUT2D eigenvalue weighted by Gasteiger charge is -2.29. The number of nitrogens with two attached hydrogens (primary N) is 1. The van der Waals surface area contributed by atoms with Crippen molar-refractivity contribution >= 4 is 24.8 Å². The molecule has 0 amide bonds. The molecule has 4 nitrogen and oxygen atoms in total. The second-order valence-corrected chi connectivity index (χ2v) is 6.06. The van der Waals surface area contributed by atoms with Gasteiger partial charge in [0.25, 0.3) is 0 Å². The number of ether oxygens (including phenoxy) is 1. The molecular weight excluding hydrogens is 345 g/mol. The Morgan fingerprint density at radius 3 is 2.38 bits per heavy atom. The second-order valence-electron chi connectivity index (χ2n) is 6.06. The van der Waals surface area contributed by atoms with Crippen molar-refractivity contribution in [3.63, 3.8) is 0 Å². The highest BCUT2D eigenvalue weighted by Gasteiger charge is 2.23. The molecule has 24 heavy (non-hydrogen) atoms. The van der Waals surface area contributed by atoms with Gasteiger partial charge < -0.3 is 15.0 Å².